The van der Waals surface area contributed by atoms with Crippen LogP contribution in [0.1, 0.15) is 58.4 Å². The van der Waals surface area contributed by atoms with Crippen molar-refractivity contribution in [3.63, 3.8) is 0 Å². The molecule has 1 aliphatic carbocycles. The van der Waals surface area contributed by atoms with Gasteiger partial charge in [-0.2, -0.15) is 0 Å². The molecular formula is C32H48F2N4O5S. The van der Waals surface area contributed by atoms with E-state index >= 15 is 0 Å². The fraction of sp³-hybridized carbons (Fsp3) is 0.625. The van der Waals surface area contributed by atoms with Crippen molar-refractivity contribution in [3.8, 4) is 0 Å². The van der Waals surface area contributed by atoms with Crippen LogP contribution in [0.4, 0.5) is 8.78 Å². The first-order valence-corrected chi connectivity index (χ1v) is 17.3. The number of nitrogens with zero attached hydrogens (tertiary/aromatic N) is 2. The lowest BCUT2D eigenvalue weighted by Crippen LogP contribution is -2.54. The van der Waals surface area contributed by atoms with Crippen LogP contribution in [0.15, 0.2) is 41.5 Å². The third kappa shape index (κ3) is 9.18. The van der Waals surface area contributed by atoms with Crippen LogP contribution in [0, 0.1) is 28.9 Å². The molecule has 1 fully saturated rings. The quantitative estimate of drug-likeness (QED) is 0.271. The zero-order valence-corrected chi connectivity index (χ0v) is 27.1. The summed E-state index contributed by atoms with van der Waals surface area (Å²) in [6, 6.07) is 3.17. The SMILES string of the molecule is CCCN(CCC)C(=O)C1([C@H](Cc2cc(F)cc(F)c2)[C@@H](O)CNCC2CCN(S(C)(=O)=O)CC2)C=C(C)C=C(C(N)=O)C1. The Bertz CT molecular complexity index is 1320. The second-order valence-electron chi connectivity index (χ2n) is 12.4. The molecule has 1 heterocycles. The molecule has 9 nitrogen and oxygen atoms in total. The Labute approximate surface area is 260 Å². The minimum atomic E-state index is -3.25. The average Bonchev–Trinajstić information content (AvgIpc) is 2.94. The monoisotopic (exact) mass is 638 g/mol. The minimum Gasteiger partial charge on any atom is -0.391 e. The number of rotatable bonds is 15. The van der Waals surface area contributed by atoms with Gasteiger partial charge in [-0.15, -0.1) is 0 Å². The van der Waals surface area contributed by atoms with Crippen LogP contribution in [-0.2, 0) is 26.0 Å². The minimum absolute atomic E-state index is 0.0298. The second kappa shape index (κ2) is 15.6. The predicted molar refractivity (Wildman–Crippen MR) is 167 cm³/mol. The fourth-order valence-corrected chi connectivity index (χ4v) is 7.52. The van der Waals surface area contributed by atoms with Crippen LogP contribution in [0.5, 0.6) is 0 Å². The van der Waals surface area contributed by atoms with Gasteiger partial charge < -0.3 is 21.1 Å². The van der Waals surface area contributed by atoms with Gasteiger partial charge in [0.05, 0.1) is 17.8 Å². The molecular weight excluding hydrogens is 590 g/mol. The second-order valence-corrected chi connectivity index (χ2v) is 14.3. The van der Waals surface area contributed by atoms with Crippen LogP contribution in [0.25, 0.3) is 0 Å². The van der Waals surface area contributed by atoms with Crippen molar-refractivity contribution in [2.45, 2.75) is 65.4 Å². The lowest BCUT2D eigenvalue weighted by Gasteiger charge is -2.45. The van der Waals surface area contributed by atoms with E-state index < -0.39 is 45.0 Å². The number of carbonyl (C=O) groups is 2. The van der Waals surface area contributed by atoms with Crippen molar-refractivity contribution < 1.29 is 31.9 Å². The van der Waals surface area contributed by atoms with E-state index in [0.29, 0.717) is 64.0 Å². The molecule has 1 aromatic carbocycles. The molecule has 246 valence electrons. The van der Waals surface area contributed by atoms with Crippen molar-refractivity contribution in [2.24, 2.45) is 23.0 Å². The molecule has 1 aromatic rings. The number of benzene rings is 1. The molecule has 1 unspecified atom stereocenters. The lowest BCUT2D eigenvalue weighted by molar-refractivity contribution is -0.145. The summed E-state index contributed by atoms with van der Waals surface area (Å²) in [5.41, 5.74) is 5.50. The third-order valence-electron chi connectivity index (χ3n) is 8.69. The van der Waals surface area contributed by atoms with E-state index in [1.54, 1.807) is 24.0 Å². The number of sulfonamides is 1. The highest BCUT2D eigenvalue weighted by Crippen LogP contribution is 2.45. The summed E-state index contributed by atoms with van der Waals surface area (Å²) >= 11 is 0. The Morgan fingerprint density at radius 3 is 2.25 bits per heavy atom. The standard InChI is InChI=1S/C32H48F2N4O5S/c1-5-9-37(10-6-2)31(41)32(18-22(3)13-25(19-32)30(35)40)28(16-24-14-26(33)17-27(34)15-24)29(39)21-36-20-23-7-11-38(12-8-23)44(4,42)43/h13-15,17-18,23,28-29,36,39H,5-12,16,19-21H2,1-4H3,(H2,35,40)/t28-,29+,32?/m1/s1. The van der Waals surface area contributed by atoms with Crippen LogP contribution in [0.3, 0.4) is 0 Å². The lowest BCUT2D eigenvalue weighted by atomic mass is 9.63. The number of aliphatic hydroxyl groups excluding tert-OH is 1. The third-order valence-corrected chi connectivity index (χ3v) is 10.00. The first-order chi connectivity index (χ1) is 20.7. The van der Waals surface area contributed by atoms with Crippen molar-refractivity contribution in [1.29, 1.82) is 0 Å². The molecule has 0 radical (unpaired) electrons. The highest BCUT2D eigenvalue weighted by atomic mass is 32.2. The maximum absolute atomic E-state index is 14.6. The first kappa shape index (κ1) is 35.8. The number of nitrogens with one attached hydrogen (secondary N) is 1. The summed E-state index contributed by atoms with van der Waals surface area (Å²) in [4.78, 5) is 28.8. The van der Waals surface area contributed by atoms with Gasteiger partial charge in [-0.1, -0.05) is 31.6 Å². The highest BCUT2D eigenvalue weighted by Gasteiger charge is 2.50. The molecule has 0 saturated carbocycles. The number of primary amides is 1. The van der Waals surface area contributed by atoms with Crippen LogP contribution in [0.2, 0.25) is 0 Å². The molecule has 0 bridgehead atoms. The maximum atomic E-state index is 14.6. The van der Waals surface area contributed by atoms with E-state index in [0.717, 1.165) is 6.07 Å². The zero-order chi connectivity index (χ0) is 32.7. The molecule has 2 amide bonds. The Morgan fingerprint density at radius 1 is 1.14 bits per heavy atom. The van der Waals surface area contributed by atoms with Crippen molar-refractivity contribution in [1.82, 2.24) is 14.5 Å². The van der Waals surface area contributed by atoms with Gasteiger partial charge in [0.15, 0.2) is 0 Å². The topological polar surface area (TPSA) is 133 Å². The first-order valence-electron chi connectivity index (χ1n) is 15.5. The summed E-state index contributed by atoms with van der Waals surface area (Å²) in [5.74, 6) is -3.14. The van der Waals surface area contributed by atoms with Crippen LogP contribution in [-0.4, -0.2) is 86.2 Å². The summed E-state index contributed by atoms with van der Waals surface area (Å²) in [6.07, 6.45) is 6.13. The Balaban J connectivity index is 1.98. The average molecular weight is 639 g/mol. The molecule has 1 saturated heterocycles. The highest BCUT2D eigenvalue weighted by molar-refractivity contribution is 7.88. The number of carbonyl (C=O) groups excluding carboxylic acids is 2. The van der Waals surface area contributed by atoms with Gasteiger partial charge in [0.2, 0.25) is 21.8 Å². The van der Waals surface area contributed by atoms with Gasteiger partial charge in [-0.05, 0) is 75.6 Å². The van der Waals surface area contributed by atoms with E-state index in [2.05, 4.69) is 5.32 Å². The molecule has 2 aliphatic rings. The molecule has 44 heavy (non-hydrogen) atoms. The van der Waals surface area contributed by atoms with E-state index in [4.69, 9.17) is 5.73 Å². The molecule has 3 rings (SSSR count). The predicted octanol–water partition coefficient (Wildman–Crippen LogP) is 3.14. The van der Waals surface area contributed by atoms with Crippen LogP contribution >= 0.6 is 0 Å². The van der Waals surface area contributed by atoms with Gasteiger partial charge in [-0.25, -0.2) is 21.5 Å². The molecule has 0 aromatic heterocycles. The van der Waals surface area contributed by atoms with Crippen molar-refractivity contribution in [2.75, 3.05) is 45.5 Å². The zero-order valence-electron chi connectivity index (χ0n) is 26.3. The van der Waals surface area contributed by atoms with Crippen LogP contribution < -0.4 is 11.1 Å². The maximum Gasteiger partial charge on any atom is 0.244 e. The van der Waals surface area contributed by atoms with E-state index in [1.807, 2.05) is 13.8 Å². The number of amides is 2. The number of halogens is 2. The summed E-state index contributed by atoms with van der Waals surface area (Å²) in [5, 5.41) is 15.1. The van der Waals surface area contributed by atoms with Gasteiger partial charge in [0.25, 0.3) is 0 Å². The fourth-order valence-electron chi connectivity index (χ4n) is 6.65. The van der Waals surface area contributed by atoms with Gasteiger partial charge in [0.1, 0.15) is 11.6 Å². The number of aliphatic hydroxyl groups is 1. The largest absolute Gasteiger partial charge is 0.391 e. The Kier molecular flexibility index (Phi) is 12.7. The molecule has 3 atom stereocenters. The number of allylic oxidation sites excluding steroid dienone is 2. The molecule has 4 N–H and O–H groups in total. The number of piperidine rings is 1. The molecule has 12 heteroatoms. The van der Waals surface area contributed by atoms with Crippen molar-refractivity contribution in [3.05, 3.63) is 58.7 Å². The number of hydrogen-bond donors (Lipinski definition) is 3. The van der Waals surface area contributed by atoms with E-state index in [-0.39, 0.29) is 42.3 Å². The van der Waals surface area contributed by atoms with Gasteiger partial charge in [-0.3, -0.25) is 9.59 Å². The number of hydrogen-bond acceptors (Lipinski definition) is 6. The van der Waals surface area contributed by atoms with E-state index in [1.165, 1.54) is 22.7 Å². The summed E-state index contributed by atoms with van der Waals surface area (Å²) in [6.45, 7) is 8.09. The molecule has 0 spiro atoms. The van der Waals surface area contributed by atoms with E-state index in [9.17, 15) is 31.9 Å². The Hall–Kier alpha value is -2.67. The van der Waals surface area contributed by atoms with Gasteiger partial charge >= 0.3 is 0 Å². The number of nitrogens with two attached hydrogens (primary N) is 1. The van der Waals surface area contributed by atoms with Crippen molar-refractivity contribution >= 4 is 21.8 Å². The summed E-state index contributed by atoms with van der Waals surface area (Å²) < 4.78 is 53.9. The van der Waals surface area contributed by atoms with Gasteiger partial charge in [0, 0.05) is 50.3 Å². The molecule has 1 aliphatic heterocycles. The Morgan fingerprint density at radius 2 is 1.73 bits per heavy atom. The summed E-state index contributed by atoms with van der Waals surface area (Å²) in [7, 11) is -3.25. The normalized spacial score (nSPS) is 21.3. The smallest absolute Gasteiger partial charge is 0.244 e.